The highest BCUT2D eigenvalue weighted by molar-refractivity contribution is 5.80. The normalized spacial score (nSPS) is 18.9. The standard InChI is InChI=1S/C25H27FN4O2/c26-21-8-10-28(17-21)12-13-30-24-7-6-22(14-20(24)16-27-30)29-11-9-23(15-25(29)31)32-18-19-4-2-1-3-5-19/h1-2,4,6-7,9,11,14-16,21H,3,5,8,10,12-13,17-18H2/t21-/m1/s1. The number of hydrogen-bond acceptors (Lipinski definition) is 4. The van der Waals surface area contributed by atoms with Crippen molar-refractivity contribution >= 4 is 10.9 Å². The molecule has 0 unspecified atom stereocenters. The van der Waals surface area contributed by atoms with Gasteiger partial charge >= 0.3 is 0 Å². The van der Waals surface area contributed by atoms with Crippen LogP contribution in [0.25, 0.3) is 16.6 Å². The fraction of sp³-hybridized carbons (Fsp3) is 0.360. The topological polar surface area (TPSA) is 52.3 Å². The molecule has 5 rings (SSSR count). The molecule has 3 heterocycles. The molecule has 0 spiro atoms. The van der Waals surface area contributed by atoms with Crippen LogP contribution in [-0.4, -0.2) is 51.7 Å². The van der Waals surface area contributed by atoms with Crippen molar-refractivity contribution in [3.8, 4) is 11.4 Å². The summed E-state index contributed by atoms with van der Waals surface area (Å²) in [6.07, 6.45) is 11.8. The average molecular weight is 435 g/mol. The van der Waals surface area contributed by atoms with Crippen LogP contribution in [0.2, 0.25) is 0 Å². The number of nitrogens with zero attached hydrogens (tertiary/aromatic N) is 4. The Hall–Kier alpha value is -3.19. The number of benzene rings is 1. The van der Waals surface area contributed by atoms with Gasteiger partial charge in [0.2, 0.25) is 0 Å². The van der Waals surface area contributed by atoms with E-state index in [4.69, 9.17) is 4.74 Å². The molecule has 3 aromatic rings. The smallest absolute Gasteiger partial charge is 0.258 e. The number of allylic oxidation sites excluding steroid dienone is 3. The molecule has 0 bridgehead atoms. The molecule has 1 aliphatic carbocycles. The van der Waals surface area contributed by atoms with Crippen molar-refractivity contribution in [2.24, 2.45) is 0 Å². The molecule has 0 amide bonds. The average Bonchev–Trinajstić information content (AvgIpc) is 3.42. The summed E-state index contributed by atoms with van der Waals surface area (Å²) in [5, 5.41) is 5.46. The number of ether oxygens (including phenoxy) is 1. The highest BCUT2D eigenvalue weighted by Gasteiger charge is 2.21. The summed E-state index contributed by atoms with van der Waals surface area (Å²) in [6, 6.07) is 9.23. The van der Waals surface area contributed by atoms with Gasteiger partial charge in [-0.05, 0) is 49.1 Å². The van der Waals surface area contributed by atoms with Crippen LogP contribution in [0.4, 0.5) is 4.39 Å². The zero-order chi connectivity index (χ0) is 21.9. The van der Waals surface area contributed by atoms with Crippen molar-refractivity contribution in [3.05, 3.63) is 76.9 Å². The molecular formula is C25H27FN4O2. The van der Waals surface area contributed by atoms with Crippen molar-refractivity contribution in [1.82, 2.24) is 19.2 Å². The quantitative estimate of drug-likeness (QED) is 0.566. The monoisotopic (exact) mass is 434 g/mol. The Morgan fingerprint density at radius 2 is 2.12 bits per heavy atom. The molecule has 7 heteroatoms. The first kappa shape index (κ1) is 20.7. The molecule has 1 fully saturated rings. The third-order valence-corrected chi connectivity index (χ3v) is 6.16. The van der Waals surface area contributed by atoms with Crippen LogP contribution in [0.1, 0.15) is 19.3 Å². The largest absolute Gasteiger partial charge is 0.489 e. The third-order valence-electron chi connectivity index (χ3n) is 6.16. The summed E-state index contributed by atoms with van der Waals surface area (Å²) in [6.45, 7) is 3.33. The number of halogens is 1. The van der Waals surface area contributed by atoms with Crippen molar-refractivity contribution < 1.29 is 9.13 Å². The summed E-state index contributed by atoms with van der Waals surface area (Å²) in [7, 11) is 0. The molecule has 1 aromatic carbocycles. The van der Waals surface area contributed by atoms with Crippen molar-refractivity contribution in [1.29, 1.82) is 0 Å². The van der Waals surface area contributed by atoms with Crippen molar-refractivity contribution in [3.63, 3.8) is 0 Å². The van der Waals surface area contributed by atoms with E-state index in [1.54, 1.807) is 10.8 Å². The van der Waals surface area contributed by atoms with Crippen LogP contribution in [0.3, 0.4) is 0 Å². The van der Waals surface area contributed by atoms with Gasteiger partial charge in [-0.1, -0.05) is 18.2 Å². The number of pyridine rings is 1. The molecule has 2 aliphatic rings. The molecule has 32 heavy (non-hydrogen) atoms. The molecule has 0 N–H and O–H groups in total. The maximum atomic E-state index is 13.4. The van der Waals surface area contributed by atoms with E-state index in [0.717, 1.165) is 42.5 Å². The minimum atomic E-state index is -0.705. The molecular weight excluding hydrogens is 407 g/mol. The molecule has 6 nitrogen and oxygen atoms in total. The summed E-state index contributed by atoms with van der Waals surface area (Å²) >= 11 is 0. The molecule has 0 saturated carbocycles. The van der Waals surface area contributed by atoms with Gasteiger partial charge in [0.15, 0.2) is 0 Å². The molecule has 1 atom stereocenters. The fourth-order valence-electron chi connectivity index (χ4n) is 4.34. The van der Waals surface area contributed by atoms with E-state index in [9.17, 15) is 9.18 Å². The fourth-order valence-corrected chi connectivity index (χ4v) is 4.34. The molecule has 1 aliphatic heterocycles. The van der Waals surface area contributed by atoms with E-state index in [-0.39, 0.29) is 5.56 Å². The Bertz CT molecular complexity index is 1230. The summed E-state index contributed by atoms with van der Waals surface area (Å²) < 4.78 is 22.7. The lowest BCUT2D eigenvalue weighted by Crippen LogP contribution is -2.25. The van der Waals surface area contributed by atoms with E-state index in [0.29, 0.717) is 31.9 Å². The first-order valence-electron chi connectivity index (χ1n) is 11.2. The highest BCUT2D eigenvalue weighted by atomic mass is 19.1. The summed E-state index contributed by atoms with van der Waals surface area (Å²) in [5.41, 5.74) is 2.89. The van der Waals surface area contributed by atoms with Crippen LogP contribution in [0, 0.1) is 0 Å². The number of aromatic nitrogens is 3. The minimum absolute atomic E-state index is 0.137. The predicted octanol–water partition coefficient (Wildman–Crippen LogP) is 3.89. The Morgan fingerprint density at radius 1 is 1.19 bits per heavy atom. The SMILES string of the molecule is O=c1cc(OCC2=CC=CCC2)ccn1-c1ccc2c(cnn2CCN2CC[C@@H](F)C2)c1. The van der Waals surface area contributed by atoms with Gasteiger partial charge in [-0.25, -0.2) is 4.39 Å². The van der Waals surface area contributed by atoms with Crippen LogP contribution in [-0.2, 0) is 6.54 Å². The molecule has 166 valence electrons. The summed E-state index contributed by atoms with van der Waals surface area (Å²) in [5.74, 6) is 0.577. The Morgan fingerprint density at radius 3 is 2.91 bits per heavy atom. The maximum Gasteiger partial charge on any atom is 0.258 e. The van der Waals surface area contributed by atoms with E-state index < -0.39 is 6.17 Å². The highest BCUT2D eigenvalue weighted by Crippen LogP contribution is 2.20. The zero-order valence-corrected chi connectivity index (χ0v) is 18.0. The van der Waals surface area contributed by atoms with Crippen LogP contribution in [0.5, 0.6) is 5.75 Å². The van der Waals surface area contributed by atoms with E-state index in [2.05, 4.69) is 22.2 Å². The van der Waals surface area contributed by atoms with Gasteiger partial charge < -0.3 is 4.74 Å². The van der Waals surface area contributed by atoms with Gasteiger partial charge in [0.25, 0.3) is 5.56 Å². The Balaban J connectivity index is 1.28. The van der Waals surface area contributed by atoms with Gasteiger partial charge in [0.1, 0.15) is 18.5 Å². The molecule has 1 saturated heterocycles. The minimum Gasteiger partial charge on any atom is -0.489 e. The predicted molar refractivity (Wildman–Crippen MR) is 123 cm³/mol. The van der Waals surface area contributed by atoms with Crippen LogP contribution in [0.15, 0.2) is 71.3 Å². The second-order valence-corrected chi connectivity index (χ2v) is 8.45. The Labute approximate surface area is 186 Å². The van der Waals surface area contributed by atoms with Crippen molar-refractivity contribution in [2.75, 3.05) is 26.2 Å². The lowest BCUT2D eigenvalue weighted by atomic mass is 10.1. The lowest BCUT2D eigenvalue weighted by molar-refractivity contribution is 0.277. The third kappa shape index (κ3) is 4.53. The van der Waals surface area contributed by atoms with Crippen LogP contribution < -0.4 is 10.3 Å². The van der Waals surface area contributed by atoms with E-state index in [1.807, 2.05) is 41.2 Å². The van der Waals surface area contributed by atoms with Gasteiger partial charge in [-0.3, -0.25) is 18.9 Å². The second-order valence-electron chi connectivity index (χ2n) is 8.45. The first-order chi connectivity index (χ1) is 15.7. The molecule has 2 aromatic heterocycles. The van der Waals surface area contributed by atoms with E-state index >= 15 is 0 Å². The number of likely N-dealkylation sites (tertiary alicyclic amines) is 1. The van der Waals surface area contributed by atoms with Gasteiger partial charge in [0, 0.05) is 43.0 Å². The van der Waals surface area contributed by atoms with Crippen LogP contribution >= 0.6 is 0 Å². The van der Waals surface area contributed by atoms with Gasteiger partial charge in [-0.2, -0.15) is 5.10 Å². The van der Waals surface area contributed by atoms with Gasteiger partial charge in [0.05, 0.1) is 18.3 Å². The zero-order valence-electron chi connectivity index (χ0n) is 18.0. The maximum absolute atomic E-state index is 13.4. The Kier molecular flexibility index (Phi) is 5.90. The number of alkyl halides is 1. The summed E-state index contributed by atoms with van der Waals surface area (Å²) in [4.78, 5) is 14.8. The second kappa shape index (κ2) is 9.12. The van der Waals surface area contributed by atoms with Crippen molar-refractivity contribution in [2.45, 2.75) is 32.0 Å². The van der Waals surface area contributed by atoms with Gasteiger partial charge in [-0.15, -0.1) is 0 Å². The molecule has 0 radical (unpaired) electrons. The first-order valence-corrected chi connectivity index (χ1v) is 11.2. The number of rotatable bonds is 7. The number of hydrogen-bond donors (Lipinski definition) is 0. The lowest BCUT2D eigenvalue weighted by Gasteiger charge is -2.14. The van der Waals surface area contributed by atoms with E-state index in [1.165, 1.54) is 11.6 Å². The number of fused-ring (bicyclic) bond motifs is 1.